The summed E-state index contributed by atoms with van der Waals surface area (Å²) in [5.74, 6) is 0.533. The quantitative estimate of drug-likeness (QED) is 0.798. The highest BCUT2D eigenvalue weighted by Gasteiger charge is 2.18. The maximum Gasteiger partial charge on any atom is 0.0702 e. The average Bonchev–Trinajstić information content (AvgIpc) is 2.53. The van der Waals surface area contributed by atoms with Crippen LogP contribution in [0.2, 0.25) is 0 Å². The lowest BCUT2D eigenvalue weighted by Crippen LogP contribution is -2.28. The molecule has 2 atom stereocenters. The molecule has 0 aliphatic rings. The van der Waals surface area contributed by atoms with Crippen LogP contribution in [-0.4, -0.2) is 25.2 Å². The summed E-state index contributed by atoms with van der Waals surface area (Å²) < 4.78 is 5.24. The molecule has 0 fully saturated rings. The third-order valence-corrected chi connectivity index (χ3v) is 3.95. The summed E-state index contributed by atoms with van der Waals surface area (Å²) in [6, 6.07) is 11.1. The number of nitrogens with one attached hydrogen (secondary N) is 1. The minimum absolute atomic E-state index is 0.365. The lowest BCUT2D eigenvalue weighted by Gasteiger charge is -2.26. The van der Waals surface area contributed by atoms with Crippen molar-refractivity contribution in [1.82, 2.24) is 10.3 Å². The van der Waals surface area contributed by atoms with Crippen molar-refractivity contribution in [3.63, 3.8) is 0 Å². The van der Waals surface area contributed by atoms with Gasteiger partial charge in [-0.2, -0.15) is 0 Å². The van der Waals surface area contributed by atoms with Crippen LogP contribution in [0.1, 0.15) is 38.3 Å². The van der Waals surface area contributed by atoms with Crippen LogP contribution in [0.25, 0.3) is 10.9 Å². The minimum atomic E-state index is 0.365. The van der Waals surface area contributed by atoms with Crippen LogP contribution in [0.4, 0.5) is 0 Å². The van der Waals surface area contributed by atoms with Gasteiger partial charge in [0.25, 0.3) is 0 Å². The number of rotatable bonds is 8. The van der Waals surface area contributed by atoms with Gasteiger partial charge in [-0.15, -0.1) is 0 Å². The van der Waals surface area contributed by atoms with Gasteiger partial charge in [-0.05, 0) is 49.1 Å². The lowest BCUT2D eigenvalue weighted by atomic mass is 9.91. The highest BCUT2D eigenvalue weighted by molar-refractivity contribution is 5.79. The molecule has 0 aliphatic heterocycles. The van der Waals surface area contributed by atoms with Gasteiger partial charge in [0, 0.05) is 31.3 Å². The summed E-state index contributed by atoms with van der Waals surface area (Å²) in [6.45, 7) is 6.33. The highest BCUT2D eigenvalue weighted by atomic mass is 16.5. The molecule has 2 unspecified atom stereocenters. The van der Waals surface area contributed by atoms with Crippen molar-refractivity contribution in [1.29, 1.82) is 0 Å². The predicted molar refractivity (Wildman–Crippen MR) is 88.4 cm³/mol. The van der Waals surface area contributed by atoms with Gasteiger partial charge >= 0.3 is 0 Å². The molecule has 3 nitrogen and oxygen atoms in total. The predicted octanol–water partition coefficient (Wildman–Crippen LogP) is 3.95. The molecular formula is C18H26N2O. The number of hydrogen-bond acceptors (Lipinski definition) is 3. The van der Waals surface area contributed by atoms with E-state index in [1.54, 1.807) is 7.11 Å². The third kappa shape index (κ3) is 4.26. The maximum absolute atomic E-state index is 5.24. The monoisotopic (exact) mass is 286 g/mol. The third-order valence-electron chi connectivity index (χ3n) is 3.95. The van der Waals surface area contributed by atoms with Gasteiger partial charge in [0.2, 0.25) is 0 Å². The molecule has 3 heteroatoms. The average molecular weight is 286 g/mol. The summed E-state index contributed by atoms with van der Waals surface area (Å²) in [5, 5.41) is 4.89. The number of methoxy groups -OCH3 is 1. The largest absolute Gasteiger partial charge is 0.385 e. The zero-order chi connectivity index (χ0) is 15.1. The van der Waals surface area contributed by atoms with Crippen molar-refractivity contribution in [2.75, 3.05) is 20.3 Å². The van der Waals surface area contributed by atoms with E-state index in [9.17, 15) is 0 Å². The van der Waals surface area contributed by atoms with Crippen molar-refractivity contribution in [2.24, 2.45) is 5.92 Å². The van der Waals surface area contributed by atoms with Crippen molar-refractivity contribution in [3.8, 4) is 0 Å². The van der Waals surface area contributed by atoms with Gasteiger partial charge in [-0.25, -0.2) is 0 Å². The Morgan fingerprint density at radius 3 is 2.90 bits per heavy atom. The number of ether oxygens (including phenoxy) is 1. The molecule has 0 saturated carbocycles. The molecule has 0 saturated heterocycles. The first-order valence-corrected chi connectivity index (χ1v) is 7.83. The molecule has 1 aromatic carbocycles. The second-order valence-electron chi connectivity index (χ2n) is 5.65. The fourth-order valence-electron chi connectivity index (χ4n) is 2.71. The van der Waals surface area contributed by atoms with Crippen LogP contribution < -0.4 is 5.32 Å². The van der Waals surface area contributed by atoms with Crippen LogP contribution in [0.5, 0.6) is 0 Å². The summed E-state index contributed by atoms with van der Waals surface area (Å²) in [7, 11) is 1.77. The molecule has 1 heterocycles. The fraction of sp³-hybridized carbons (Fsp3) is 0.500. The Morgan fingerprint density at radius 2 is 2.14 bits per heavy atom. The molecular weight excluding hydrogens is 260 g/mol. The summed E-state index contributed by atoms with van der Waals surface area (Å²) in [5.41, 5.74) is 2.40. The number of hydrogen-bond donors (Lipinski definition) is 1. The van der Waals surface area contributed by atoms with E-state index < -0.39 is 0 Å². The van der Waals surface area contributed by atoms with Gasteiger partial charge in [-0.1, -0.05) is 26.0 Å². The Morgan fingerprint density at radius 1 is 1.29 bits per heavy atom. The molecule has 0 amide bonds. The van der Waals surface area contributed by atoms with Gasteiger partial charge in [0.05, 0.1) is 5.52 Å². The fourth-order valence-corrected chi connectivity index (χ4v) is 2.71. The molecule has 114 valence electrons. The summed E-state index contributed by atoms with van der Waals surface area (Å²) >= 11 is 0. The van der Waals surface area contributed by atoms with E-state index in [1.165, 1.54) is 10.9 Å². The Bertz CT molecular complexity index is 556. The molecule has 1 N–H and O–H groups in total. The number of fused-ring (bicyclic) bond motifs is 1. The van der Waals surface area contributed by atoms with Crippen LogP contribution in [-0.2, 0) is 4.74 Å². The first kappa shape index (κ1) is 15.9. The van der Waals surface area contributed by atoms with E-state index in [1.807, 2.05) is 12.3 Å². The van der Waals surface area contributed by atoms with E-state index in [0.29, 0.717) is 12.0 Å². The first-order valence-electron chi connectivity index (χ1n) is 7.83. The van der Waals surface area contributed by atoms with Gasteiger partial charge in [0.1, 0.15) is 0 Å². The zero-order valence-corrected chi connectivity index (χ0v) is 13.3. The maximum atomic E-state index is 5.24. The van der Waals surface area contributed by atoms with E-state index in [-0.39, 0.29) is 0 Å². The van der Waals surface area contributed by atoms with Crippen molar-refractivity contribution in [3.05, 3.63) is 42.1 Å². The van der Waals surface area contributed by atoms with E-state index >= 15 is 0 Å². The highest BCUT2D eigenvalue weighted by Crippen LogP contribution is 2.27. The second-order valence-corrected chi connectivity index (χ2v) is 5.65. The summed E-state index contributed by atoms with van der Waals surface area (Å²) in [4.78, 5) is 4.40. The van der Waals surface area contributed by atoms with Gasteiger partial charge in [-0.3, -0.25) is 4.98 Å². The smallest absolute Gasteiger partial charge is 0.0702 e. The Kier molecular flexibility index (Phi) is 6.15. The lowest BCUT2D eigenvalue weighted by molar-refractivity contribution is 0.170. The van der Waals surface area contributed by atoms with Crippen LogP contribution in [0, 0.1) is 5.92 Å². The number of aromatic nitrogens is 1. The van der Waals surface area contributed by atoms with Gasteiger partial charge in [0.15, 0.2) is 0 Å². The van der Waals surface area contributed by atoms with E-state index in [0.717, 1.165) is 31.5 Å². The topological polar surface area (TPSA) is 34.2 Å². The molecule has 0 bridgehead atoms. The number of pyridine rings is 1. The molecule has 0 aliphatic carbocycles. The van der Waals surface area contributed by atoms with E-state index in [4.69, 9.17) is 4.74 Å². The molecule has 0 radical (unpaired) electrons. The Balaban J connectivity index is 2.24. The second kappa shape index (κ2) is 8.11. The molecule has 2 aromatic rings. The van der Waals surface area contributed by atoms with Crippen molar-refractivity contribution in [2.45, 2.75) is 32.7 Å². The first-order chi connectivity index (χ1) is 10.3. The normalized spacial score (nSPS) is 14.2. The van der Waals surface area contributed by atoms with Crippen LogP contribution in [0.15, 0.2) is 36.5 Å². The van der Waals surface area contributed by atoms with Crippen LogP contribution in [0.3, 0.4) is 0 Å². The molecule has 1 aromatic heterocycles. The molecule has 0 spiro atoms. The Hall–Kier alpha value is -1.45. The standard InChI is InChI=1S/C18H26N2O/c1-4-10-20-18(14(2)9-12-21-3)16-7-8-17-15(13-16)6-5-11-19-17/h5-8,11,13-14,18,20H,4,9-10,12H2,1-3H3. The number of nitrogens with zero attached hydrogens (tertiary/aromatic N) is 1. The van der Waals surface area contributed by atoms with Crippen LogP contribution >= 0.6 is 0 Å². The molecule has 21 heavy (non-hydrogen) atoms. The van der Waals surface area contributed by atoms with Crippen molar-refractivity contribution >= 4 is 10.9 Å². The summed E-state index contributed by atoms with van der Waals surface area (Å²) in [6.07, 6.45) is 4.04. The number of benzene rings is 1. The Labute approximate surface area is 127 Å². The molecule has 2 rings (SSSR count). The SMILES string of the molecule is CCCNC(c1ccc2ncccc2c1)C(C)CCOC. The zero-order valence-electron chi connectivity index (χ0n) is 13.3. The van der Waals surface area contributed by atoms with E-state index in [2.05, 4.69) is 48.4 Å². The van der Waals surface area contributed by atoms with Crippen molar-refractivity contribution < 1.29 is 4.74 Å². The van der Waals surface area contributed by atoms with Gasteiger partial charge < -0.3 is 10.1 Å². The minimum Gasteiger partial charge on any atom is -0.385 e.